The van der Waals surface area contributed by atoms with Gasteiger partial charge in [-0.15, -0.1) is 0 Å². The van der Waals surface area contributed by atoms with E-state index in [0.717, 1.165) is 29.9 Å². The number of hydrogen-bond donors (Lipinski definition) is 0. The van der Waals surface area contributed by atoms with Gasteiger partial charge in [0, 0.05) is 0 Å². The second kappa shape index (κ2) is 8.15. The van der Waals surface area contributed by atoms with Gasteiger partial charge in [0.05, 0.1) is 6.42 Å². The number of rotatable bonds is 4. The van der Waals surface area contributed by atoms with Gasteiger partial charge in [-0.1, -0.05) is 44.7 Å². The summed E-state index contributed by atoms with van der Waals surface area (Å²) in [6.07, 6.45) is 15.7. The van der Waals surface area contributed by atoms with Crippen LogP contribution in [0.5, 0.6) is 5.75 Å². The highest BCUT2D eigenvalue weighted by Crippen LogP contribution is 2.45. The minimum absolute atomic E-state index is 0.0839. The Balaban J connectivity index is 1.31. The fraction of sp³-hybridized carbons (Fsp3) is 0.708. The van der Waals surface area contributed by atoms with Crippen molar-refractivity contribution in [3.63, 3.8) is 0 Å². The first kappa shape index (κ1) is 18.1. The predicted molar refractivity (Wildman–Crippen MR) is 105 cm³/mol. The Morgan fingerprint density at radius 3 is 2.31 bits per heavy atom. The van der Waals surface area contributed by atoms with Crippen molar-refractivity contribution in [3.8, 4) is 5.75 Å². The molecule has 1 aromatic carbocycles. The van der Waals surface area contributed by atoms with Crippen LogP contribution in [-0.4, -0.2) is 5.97 Å². The first-order chi connectivity index (χ1) is 12.7. The number of fused-ring (bicyclic) bond motifs is 1. The molecule has 0 N–H and O–H groups in total. The quantitative estimate of drug-likeness (QED) is 0.461. The van der Waals surface area contributed by atoms with Crippen LogP contribution in [0.1, 0.15) is 94.6 Å². The van der Waals surface area contributed by atoms with E-state index in [2.05, 4.69) is 19.1 Å². The molecule has 3 aliphatic rings. The van der Waals surface area contributed by atoms with Crippen LogP contribution < -0.4 is 4.74 Å². The first-order valence-corrected chi connectivity index (χ1v) is 11.1. The monoisotopic (exact) mass is 354 g/mol. The molecular weight excluding hydrogens is 320 g/mol. The fourth-order valence-electron chi connectivity index (χ4n) is 5.84. The lowest BCUT2D eigenvalue weighted by Crippen LogP contribution is -2.25. The highest BCUT2D eigenvalue weighted by Gasteiger charge is 2.31. The van der Waals surface area contributed by atoms with Gasteiger partial charge < -0.3 is 4.74 Å². The minimum Gasteiger partial charge on any atom is -0.426 e. The number of esters is 1. The number of benzene rings is 1. The lowest BCUT2D eigenvalue weighted by molar-refractivity contribution is -0.135. The molecule has 2 aliphatic carbocycles. The number of aryl methyl sites for hydroxylation is 1. The average Bonchev–Trinajstić information content (AvgIpc) is 2.69. The van der Waals surface area contributed by atoms with E-state index >= 15 is 0 Å². The number of carbonyl (C=O) groups is 1. The van der Waals surface area contributed by atoms with Crippen LogP contribution in [0, 0.1) is 17.8 Å². The van der Waals surface area contributed by atoms with E-state index in [0.29, 0.717) is 12.3 Å². The highest BCUT2D eigenvalue weighted by molar-refractivity contribution is 5.75. The van der Waals surface area contributed by atoms with Crippen LogP contribution >= 0.6 is 0 Å². The maximum absolute atomic E-state index is 11.4. The van der Waals surface area contributed by atoms with Crippen molar-refractivity contribution in [2.75, 3.05) is 0 Å². The lowest BCUT2D eigenvalue weighted by Gasteiger charge is -2.38. The maximum atomic E-state index is 11.4. The van der Waals surface area contributed by atoms with Crippen LogP contribution in [0.3, 0.4) is 0 Å². The Morgan fingerprint density at radius 1 is 0.923 bits per heavy atom. The summed E-state index contributed by atoms with van der Waals surface area (Å²) in [7, 11) is 0. The Bertz CT molecular complexity index is 619. The topological polar surface area (TPSA) is 26.3 Å². The maximum Gasteiger partial charge on any atom is 0.311 e. The van der Waals surface area contributed by atoms with Crippen molar-refractivity contribution in [2.45, 2.75) is 89.9 Å². The Kier molecular flexibility index (Phi) is 5.66. The summed E-state index contributed by atoms with van der Waals surface area (Å²) in [5, 5.41) is 0. The second-order valence-electron chi connectivity index (χ2n) is 9.02. The van der Waals surface area contributed by atoms with Crippen LogP contribution in [-0.2, 0) is 11.2 Å². The van der Waals surface area contributed by atoms with Crippen molar-refractivity contribution >= 4 is 5.97 Å². The van der Waals surface area contributed by atoms with E-state index in [1.54, 1.807) is 0 Å². The number of carbonyl (C=O) groups excluding carboxylic acids is 1. The van der Waals surface area contributed by atoms with Crippen molar-refractivity contribution in [3.05, 3.63) is 29.3 Å². The van der Waals surface area contributed by atoms with E-state index in [4.69, 9.17) is 4.74 Å². The van der Waals surface area contributed by atoms with Gasteiger partial charge in [-0.25, -0.2) is 0 Å². The van der Waals surface area contributed by atoms with Crippen molar-refractivity contribution in [1.29, 1.82) is 0 Å². The molecule has 2 nitrogen and oxygen atoms in total. The molecule has 2 heteroatoms. The van der Waals surface area contributed by atoms with Gasteiger partial charge >= 0.3 is 5.97 Å². The highest BCUT2D eigenvalue weighted by atomic mass is 16.5. The molecule has 0 spiro atoms. The van der Waals surface area contributed by atoms with Gasteiger partial charge in [-0.05, 0) is 85.8 Å². The summed E-state index contributed by atoms with van der Waals surface area (Å²) in [4.78, 5) is 11.4. The van der Waals surface area contributed by atoms with Crippen molar-refractivity contribution in [1.82, 2.24) is 0 Å². The van der Waals surface area contributed by atoms with Crippen LogP contribution in [0.25, 0.3) is 0 Å². The van der Waals surface area contributed by atoms with E-state index in [9.17, 15) is 4.79 Å². The third-order valence-corrected chi connectivity index (χ3v) is 7.41. The molecular formula is C24H34O2. The first-order valence-electron chi connectivity index (χ1n) is 11.1. The van der Waals surface area contributed by atoms with Crippen molar-refractivity contribution < 1.29 is 9.53 Å². The normalized spacial score (nSPS) is 32.0. The Hall–Kier alpha value is -1.31. The third-order valence-electron chi connectivity index (χ3n) is 7.41. The summed E-state index contributed by atoms with van der Waals surface area (Å²) in [6.45, 7) is 2.33. The van der Waals surface area contributed by atoms with E-state index in [-0.39, 0.29) is 5.97 Å². The van der Waals surface area contributed by atoms with Gasteiger partial charge in [0.2, 0.25) is 0 Å². The Labute approximate surface area is 158 Å². The Morgan fingerprint density at radius 2 is 1.62 bits per heavy atom. The van der Waals surface area contributed by atoms with Gasteiger partial charge in [0.25, 0.3) is 0 Å². The molecule has 1 aliphatic heterocycles. The molecule has 0 unspecified atom stereocenters. The molecule has 0 radical (unpaired) electrons. The van der Waals surface area contributed by atoms with E-state index < -0.39 is 0 Å². The molecule has 0 atom stereocenters. The average molecular weight is 355 g/mol. The summed E-state index contributed by atoms with van der Waals surface area (Å²) in [6, 6.07) is 6.56. The van der Waals surface area contributed by atoms with E-state index in [1.807, 2.05) is 6.07 Å². The molecule has 0 saturated heterocycles. The standard InChI is InChI=1S/C24H34O2/c1-2-3-17-4-6-18(7-5-17)19-8-10-20(11-9-19)21-12-14-23-22(16-21)13-15-24(25)26-23/h12,14,16-20H,2-11,13,15H2,1H3. The van der Waals surface area contributed by atoms with Crippen LogP contribution in [0.4, 0.5) is 0 Å². The summed E-state index contributed by atoms with van der Waals surface area (Å²) >= 11 is 0. The van der Waals surface area contributed by atoms with Crippen LogP contribution in [0.15, 0.2) is 18.2 Å². The van der Waals surface area contributed by atoms with Gasteiger partial charge in [0.15, 0.2) is 0 Å². The molecule has 4 rings (SSSR count). The molecule has 0 aromatic heterocycles. The molecule has 0 amide bonds. The number of hydrogen-bond acceptors (Lipinski definition) is 2. The molecule has 142 valence electrons. The zero-order valence-electron chi connectivity index (χ0n) is 16.3. The zero-order valence-corrected chi connectivity index (χ0v) is 16.3. The summed E-state index contributed by atoms with van der Waals surface area (Å²) in [5.74, 6) is 4.43. The SMILES string of the molecule is CCCC1CCC(C2CCC(c3ccc4c(c3)CCC(=O)O4)CC2)CC1. The third kappa shape index (κ3) is 4.00. The fourth-order valence-corrected chi connectivity index (χ4v) is 5.84. The van der Waals surface area contributed by atoms with Crippen LogP contribution in [0.2, 0.25) is 0 Å². The molecule has 2 saturated carbocycles. The minimum atomic E-state index is -0.0839. The van der Waals surface area contributed by atoms with Gasteiger partial charge in [0.1, 0.15) is 5.75 Å². The summed E-state index contributed by atoms with van der Waals surface area (Å²) < 4.78 is 5.36. The molecule has 2 fully saturated rings. The molecule has 0 bridgehead atoms. The predicted octanol–water partition coefficient (Wildman–Crippen LogP) is 6.42. The molecule has 1 aromatic rings. The zero-order chi connectivity index (χ0) is 17.9. The van der Waals surface area contributed by atoms with Gasteiger partial charge in [-0.2, -0.15) is 0 Å². The largest absolute Gasteiger partial charge is 0.426 e. The number of ether oxygens (including phenoxy) is 1. The molecule has 1 heterocycles. The lowest BCUT2D eigenvalue weighted by atomic mass is 9.68. The van der Waals surface area contributed by atoms with E-state index in [1.165, 1.54) is 75.3 Å². The van der Waals surface area contributed by atoms with Gasteiger partial charge in [-0.3, -0.25) is 4.79 Å². The smallest absolute Gasteiger partial charge is 0.311 e. The summed E-state index contributed by atoms with van der Waals surface area (Å²) in [5.41, 5.74) is 2.71. The second-order valence-corrected chi connectivity index (χ2v) is 9.02. The molecule has 26 heavy (non-hydrogen) atoms. The van der Waals surface area contributed by atoms with Crippen molar-refractivity contribution in [2.24, 2.45) is 17.8 Å².